The molecule has 10 nitrogen and oxygen atoms in total. The second kappa shape index (κ2) is 5.48. The van der Waals surface area contributed by atoms with E-state index in [1.165, 1.54) is 14.0 Å². The molecular weight excluding hydrogens is 284 g/mol. The normalized spacial score (nSPS) is 19.0. The topological polar surface area (TPSA) is 120 Å². The molecule has 0 aromatic carbocycles. The Kier molecular flexibility index (Phi) is 4.32. The summed E-state index contributed by atoms with van der Waals surface area (Å²) < 4.78 is 0. The van der Waals surface area contributed by atoms with Gasteiger partial charge < -0.3 is 4.84 Å². The van der Waals surface area contributed by atoms with E-state index in [2.05, 4.69) is 9.99 Å². The van der Waals surface area contributed by atoms with Crippen LogP contribution in [-0.4, -0.2) is 76.3 Å². The molecule has 10 heteroatoms. The van der Waals surface area contributed by atoms with Crippen LogP contribution in [0.5, 0.6) is 0 Å². The maximum atomic E-state index is 12.4. The van der Waals surface area contributed by atoms with Crippen LogP contribution in [0.15, 0.2) is 5.16 Å². The van der Waals surface area contributed by atoms with Crippen LogP contribution in [0.1, 0.15) is 13.8 Å². The van der Waals surface area contributed by atoms with Crippen LogP contribution >= 0.6 is 0 Å². The first kappa shape index (κ1) is 16.6. The molecular formula is C11H16N4O6. The summed E-state index contributed by atoms with van der Waals surface area (Å²) in [6.45, 7) is 2.18. The van der Waals surface area contributed by atoms with E-state index in [0.29, 0.717) is 9.80 Å². The molecule has 0 aromatic rings. The Hall–Kier alpha value is -2.49. The van der Waals surface area contributed by atoms with E-state index in [-0.39, 0.29) is 10.8 Å². The molecule has 1 saturated heterocycles. The van der Waals surface area contributed by atoms with Gasteiger partial charge in [-0.25, -0.2) is 4.79 Å². The molecule has 0 atom stereocenters. The Morgan fingerprint density at radius 1 is 1.19 bits per heavy atom. The number of amides is 5. The lowest BCUT2D eigenvalue weighted by Crippen LogP contribution is -2.76. The quantitative estimate of drug-likeness (QED) is 0.310. The van der Waals surface area contributed by atoms with E-state index in [1.807, 2.05) is 0 Å². The van der Waals surface area contributed by atoms with Gasteiger partial charge >= 0.3 is 6.03 Å². The molecule has 0 radical (unpaired) electrons. The highest BCUT2D eigenvalue weighted by Crippen LogP contribution is 2.27. The van der Waals surface area contributed by atoms with Crippen LogP contribution in [0.2, 0.25) is 0 Å². The van der Waals surface area contributed by atoms with Gasteiger partial charge in [0.1, 0.15) is 12.8 Å². The summed E-state index contributed by atoms with van der Waals surface area (Å²) in [5.74, 6) is -3.18. The van der Waals surface area contributed by atoms with Gasteiger partial charge in [0.2, 0.25) is 5.91 Å². The number of hydroxylamine groups is 2. The molecule has 0 aliphatic carbocycles. The number of carbonyl (C=O) groups is 4. The number of likely N-dealkylation sites (N-methyl/N-ethyl adjacent to an activating group) is 2. The van der Waals surface area contributed by atoms with Gasteiger partial charge in [0.05, 0.1) is 0 Å². The summed E-state index contributed by atoms with van der Waals surface area (Å²) in [5.41, 5.74) is -2.76. The Morgan fingerprint density at radius 2 is 1.62 bits per heavy atom. The van der Waals surface area contributed by atoms with Crippen LogP contribution in [0, 0.1) is 0 Å². The standard InChI is InChI=1S/C11H16N4O6/c1-6(12-21-5)11(15(20)7(2)16)8(17)13(3)10(19)14(4)9(11)18/h20H,1-5H3. The van der Waals surface area contributed by atoms with E-state index < -0.39 is 29.3 Å². The van der Waals surface area contributed by atoms with Gasteiger partial charge in [0.15, 0.2) is 0 Å². The SMILES string of the molecule is CON=C(C)C1(N(O)C(C)=O)C(=O)N(C)C(=O)N(C)C1=O. The summed E-state index contributed by atoms with van der Waals surface area (Å²) >= 11 is 0. The molecule has 1 fully saturated rings. The molecule has 0 unspecified atom stereocenters. The van der Waals surface area contributed by atoms with Crippen LogP contribution in [0.4, 0.5) is 4.79 Å². The van der Waals surface area contributed by atoms with Crippen molar-refractivity contribution in [3.8, 4) is 0 Å². The van der Waals surface area contributed by atoms with Gasteiger partial charge in [-0.1, -0.05) is 5.16 Å². The number of nitrogens with zero attached hydrogens (tertiary/aromatic N) is 4. The van der Waals surface area contributed by atoms with Crippen molar-refractivity contribution in [1.29, 1.82) is 0 Å². The van der Waals surface area contributed by atoms with E-state index in [4.69, 9.17) is 0 Å². The van der Waals surface area contributed by atoms with Gasteiger partial charge in [-0.3, -0.25) is 29.4 Å². The summed E-state index contributed by atoms with van der Waals surface area (Å²) in [7, 11) is 3.41. The molecule has 1 heterocycles. The Bertz CT molecular complexity index is 519. The molecule has 5 amide bonds. The predicted octanol–water partition coefficient (Wildman–Crippen LogP) is -0.964. The van der Waals surface area contributed by atoms with E-state index in [0.717, 1.165) is 21.0 Å². The highest BCUT2D eigenvalue weighted by Gasteiger charge is 2.63. The average molecular weight is 300 g/mol. The predicted molar refractivity (Wildman–Crippen MR) is 68.1 cm³/mol. The molecule has 21 heavy (non-hydrogen) atoms. The van der Waals surface area contributed by atoms with Crippen molar-refractivity contribution < 1.29 is 29.2 Å². The van der Waals surface area contributed by atoms with Gasteiger partial charge in [0, 0.05) is 21.0 Å². The molecule has 1 N–H and O–H groups in total. The van der Waals surface area contributed by atoms with E-state index in [1.54, 1.807) is 0 Å². The molecule has 1 aliphatic rings. The number of rotatable bonds is 3. The molecule has 116 valence electrons. The fourth-order valence-corrected chi connectivity index (χ4v) is 2.06. The third-order valence-corrected chi connectivity index (χ3v) is 3.17. The molecule has 1 rings (SSSR count). The fourth-order valence-electron chi connectivity index (χ4n) is 2.06. The maximum Gasteiger partial charge on any atom is 0.333 e. The summed E-state index contributed by atoms with van der Waals surface area (Å²) in [5, 5.41) is 13.4. The smallest absolute Gasteiger partial charge is 0.333 e. The maximum absolute atomic E-state index is 12.4. The van der Waals surface area contributed by atoms with Gasteiger partial charge in [-0.15, -0.1) is 0 Å². The van der Waals surface area contributed by atoms with Crippen molar-refractivity contribution >= 4 is 29.5 Å². The Labute approximate surface area is 120 Å². The molecule has 0 saturated carbocycles. The number of carbonyl (C=O) groups excluding carboxylic acids is 4. The monoisotopic (exact) mass is 300 g/mol. The van der Waals surface area contributed by atoms with Crippen LogP contribution in [-0.2, 0) is 19.2 Å². The van der Waals surface area contributed by atoms with Crippen molar-refractivity contribution in [1.82, 2.24) is 14.9 Å². The minimum atomic E-state index is -2.47. The average Bonchev–Trinajstić information content (AvgIpc) is 2.43. The Morgan fingerprint density at radius 3 is 1.95 bits per heavy atom. The highest BCUT2D eigenvalue weighted by atomic mass is 16.6. The minimum Gasteiger partial charge on any atom is -0.399 e. The van der Waals surface area contributed by atoms with Crippen LogP contribution in [0.3, 0.4) is 0 Å². The second-order valence-electron chi connectivity index (χ2n) is 4.41. The van der Waals surface area contributed by atoms with Crippen molar-refractivity contribution in [2.75, 3.05) is 21.2 Å². The Balaban J connectivity index is 3.66. The summed E-state index contributed by atoms with van der Waals surface area (Å²) in [6.07, 6.45) is 0. The highest BCUT2D eigenvalue weighted by molar-refractivity contribution is 6.36. The summed E-state index contributed by atoms with van der Waals surface area (Å²) in [6, 6.07) is -0.886. The minimum absolute atomic E-state index is 0.0467. The first-order chi connectivity index (χ1) is 9.63. The van der Waals surface area contributed by atoms with Crippen LogP contribution in [0.25, 0.3) is 0 Å². The third kappa shape index (κ3) is 2.13. The van der Waals surface area contributed by atoms with Crippen LogP contribution < -0.4 is 0 Å². The van der Waals surface area contributed by atoms with E-state index >= 15 is 0 Å². The zero-order valence-electron chi connectivity index (χ0n) is 12.3. The van der Waals surface area contributed by atoms with Gasteiger partial charge in [-0.05, 0) is 6.92 Å². The zero-order chi connectivity index (χ0) is 16.5. The van der Waals surface area contributed by atoms with Gasteiger partial charge in [0.25, 0.3) is 17.4 Å². The number of urea groups is 1. The third-order valence-electron chi connectivity index (χ3n) is 3.17. The van der Waals surface area contributed by atoms with Crippen molar-refractivity contribution in [2.45, 2.75) is 19.4 Å². The number of oxime groups is 1. The summed E-state index contributed by atoms with van der Waals surface area (Å²) in [4.78, 5) is 53.9. The van der Waals surface area contributed by atoms with E-state index in [9.17, 15) is 24.4 Å². The molecule has 0 aromatic heterocycles. The number of hydrogen-bond donors (Lipinski definition) is 1. The fraction of sp³-hybridized carbons (Fsp3) is 0.545. The van der Waals surface area contributed by atoms with Gasteiger partial charge in [-0.2, -0.15) is 5.06 Å². The van der Waals surface area contributed by atoms with Crippen molar-refractivity contribution in [3.63, 3.8) is 0 Å². The number of hydrogen-bond acceptors (Lipinski definition) is 7. The molecule has 0 spiro atoms. The lowest BCUT2D eigenvalue weighted by molar-refractivity contribution is -0.196. The van der Waals surface area contributed by atoms with Crippen molar-refractivity contribution in [3.05, 3.63) is 0 Å². The van der Waals surface area contributed by atoms with Crippen molar-refractivity contribution in [2.24, 2.45) is 5.16 Å². The number of barbiturate groups is 1. The lowest BCUT2D eigenvalue weighted by atomic mass is 9.88. The number of imide groups is 2. The first-order valence-corrected chi connectivity index (χ1v) is 5.82. The lowest BCUT2D eigenvalue weighted by Gasteiger charge is -2.43. The zero-order valence-corrected chi connectivity index (χ0v) is 12.3. The molecule has 0 bridgehead atoms. The first-order valence-electron chi connectivity index (χ1n) is 5.82. The largest absolute Gasteiger partial charge is 0.399 e. The second-order valence-corrected chi connectivity index (χ2v) is 4.41. The molecule has 1 aliphatic heterocycles.